The summed E-state index contributed by atoms with van der Waals surface area (Å²) in [4.78, 5) is 0. The molecule has 4 heteroatoms. The maximum atomic E-state index is 5.77. The topological polar surface area (TPSA) is 0 Å². The average molecular weight is 207 g/mol. The molecule has 0 aliphatic carbocycles. The van der Waals surface area contributed by atoms with Crippen LogP contribution in [0.25, 0.3) is 0 Å². The molecule has 0 saturated heterocycles. The van der Waals surface area contributed by atoms with E-state index in [0.29, 0.717) is 0 Å². The highest BCUT2D eigenvalue weighted by atomic mass is 35.6. The third-order valence-electron chi connectivity index (χ3n) is 1.30. The second-order valence-electron chi connectivity index (χ2n) is 2.09. The molecule has 0 heterocycles. The molecule has 1 aromatic carbocycles. The van der Waals surface area contributed by atoms with Gasteiger partial charge in [0.15, 0.2) is 17.7 Å². The Kier molecular flexibility index (Phi) is 3.48. The van der Waals surface area contributed by atoms with E-state index in [1.54, 1.807) is 0 Å². The van der Waals surface area contributed by atoms with Gasteiger partial charge in [-0.2, -0.15) is 22.2 Å². The van der Waals surface area contributed by atoms with Gasteiger partial charge in [0, 0.05) is 0 Å². The molecule has 0 saturated carbocycles. The van der Waals surface area contributed by atoms with Crippen LogP contribution >= 0.6 is 22.2 Å². The van der Waals surface area contributed by atoms with Gasteiger partial charge < -0.3 is 0 Å². The molecule has 0 aliphatic heterocycles. The number of halogens is 2. The van der Waals surface area contributed by atoms with Crippen molar-refractivity contribution in [1.29, 1.82) is 0 Å². The summed E-state index contributed by atoms with van der Waals surface area (Å²) < 4.78 is 0. The van der Waals surface area contributed by atoms with Crippen molar-refractivity contribution in [2.75, 3.05) is 0 Å². The molecule has 1 aromatic rings. The van der Waals surface area contributed by atoms with Crippen molar-refractivity contribution in [3.8, 4) is 0 Å². The minimum atomic E-state index is -0.504. The first-order chi connectivity index (χ1) is 4.86. The standard InChI is InChI=1S/C6H8Cl2Si2/c7-9-5-2-1-3-6(4-5)10-8/h1-4H,9-10H2. The molecule has 0 atom stereocenters. The Labute approximate surface area is 74.6 Å². The summed E-state index contributed by atoms with van der Waals surface area (Å²) in [6.45, 7) is 0. The van der Waals surface area contributed by atoms with Gasteiger partial charge in [-0.1, -0.05) is 24.3 Å². The molecule has 54 valence electrons. The summed E-state index contributed by atoms with van der Waals surface area (Å²) in [5.41, 5.74) is 0. The molecule has 1 rings (SSSR count). The van der Waals surface area contributed by atoms with Crippen LogP contribution in [0.3, 0.4) is 0 Å². The lowest BCUT2D eigenvalue weighted by Crippen LogP contribution is -2.18. The van der Waals surface area contributed by atoms with Crippen LogP contribution in [0.5, 0.6) is 0 Å². The summed E-state index contributed by atoms with van der Waals surface area (Å²) in [5, 5.41) is 2.60. The number of hydrogen-bond donors (Lipinski definition) is 0. The second kappa shape index (κ2) is 4.18. The van der Waals surface area contributed by atoms with Crippen molar-refractivity contribution in [1.82, 2.24) is 0 Å². The SMILES string of the molecule is Cl[SiH2]c1cccc([SiH2]Cl)c1. The van der Waals surface area contributed by atoms with Crippen LogP contribution in [-0.2, 0) is 0 Å². The van der Waals surface area contributed by atoms with E-state index in [4.69, 9.17) is 22.2 Å². The molecule has 0 fully saturated rings. The van der Waals surface area contributed by atoms with Crippen LogP contribution in [-0.4, -0.2) is 17.7 Å². The molecular weight excluding hydrogens is 199 g/mol. The Bertz CT molecular complexity index is 195. The maximum absolute atomic E-state index is 5.77. The van der Waals surface area contributed by atoms with Gasteiger partial charge >= 0.3 is 0 Å². The normalized spacial score (nSPS) is 12.2. The first kappa shape index (κ1) is 8.33. The molecule has 0 N–H and O–H groups in total. The fraction of sp³-hybridized carbons (Fsp3) is 0. The van der Waals surface area contributed by atoms with Crippen LogP contribution < -0.4 is 10.4 Å². The first-order valence-electron chi connectivity index (χ1n) is 3.06. The summed E-state index contributed by atoms with van der Waals surface area (Å²) in [5.74, 6) is 0. The zero-order valence-corrected chi connectivity index (χ0v) is 9.82. The van der Waals surface area contributed by atoms with E-state index in [1.807, 2.05) is 6.07 Å². The Balaban J connectivity index is 2.87. The van der Waals surface area contributed by atoms with E-state index < -0.39 is 17.7 Å². The van der Waals surface area contributed by atoms with Gasteiger partial charge in [-0.25, -0.2) is 0 Å². The number of hydrogen-bond acceptors (Lipinski definition) is 0. The van der Waals surface area contributed by atoms with E-state index in [1.165, 1.54) is 10.4 Å². The highest BCUT2D eigenvalue weighted by Gasteiger charge is 1.92. The Morgan fingerprint density at radius 3 is 1.90 bits per heavy atom. The largest absolute Gasteiger partial charge is 0.170 e. The van der Waals surface area contributed by atoms with Gasteiger partial charge in [0.05, 0.1) is 0 Å². The first-order valence-corrected chi connectivity index (χ1v) is 8.75. The highest BCUT2D eigenvalue weighted by molar-refractivity contribution is 7.03. The van der Waals surface area contributed by atoms with Gasteiger partial charge in [-0.3, -0.25) is 0 Å². The van der Waals surface area contributed by atoms with Crippen molar-refractivity contribution < 1.29 is 0 Å². The third kappa shape index (κ3) is 2.13. The summed E-state index contributed by atoms with van der Waals surface area (Å²) in [6, 6.07) is 8.32. The minimum absolute atomic E-state index is 0.504. The van der Waals surface area contributed by atoms with Gasteiger partial charge in [-0.05, 0) is 10.4 Å². The summed E-state index contributed by atoms with van der Waals surface area (Å²) in [7, 11) is -1.01. The van der Waals surface area contributed by atoms with Gasteiger partial charge in [0.1, 0.15) is 0 Å². The number of rotatable bonds is 2. The zero-order chi connectivity index (χ0) is 7.40. The van der Waals surface area contributed by atoms with E-state index in [-0.39, 0.29) is 0 Å². The van der Waals surface area contributed by atoms with E-state index in [0.717, 1.165) is 0 Å². The Morgan fingerprint density at radius 2 is 1.50 bits per heavy atom. The molecule has 0 radical (unpaired) electrons. The van der Waals surface area contributed by atoms with Crippen LogP contribution in [0.1, 0.15) is 0 Å². The highest BCUT2D eigenvalue weighted by Crippen LogP contribution is 1.82. The molecule has 0 spiro atoms. The monoisotopic (exact) mass is 206 g/mol. The van der Waals surface area contributed by atoms with E-state index in [9.17, 15) is 0 Å². The Hall–Kier alpha value is 0.234. The predicted octanol–water partition coefficient (Wildman–Crippen LogP) is -0.418. The molecule has 0 unspecified atom stereocenters. The fourth-order valence-electron chi connectivity index (χ4n) is 0.796. The van der Waals surface area contributed by atoms with Crippen molar-refractivity contribution in [3.05, 3.63) is 24.3 Å². The smallest absolute Gasteiger partial charge is 0.155 e. The quantitative estimate of drug-likeness (QED) is 0.456. The fourth-order valence-corrected chi connectivity index (χ4v) is 3.21. The van der Waals surface area contributed by atoms with Crippen molar-refractivity contribution in [2.24, 2.45) is 0 Å². The number of benzene rings is 1. The van der Waals surface area contributed by atoms with Gasteiger partial charge in [-0.15, -0.1) is 0 Å². The predicted molar refractivity (Wildman–Crippen MR) is 54.5 cm³/mol. The lowest BCUT2D eigenvalue weighted by Gasteiger charge is -1.96. The average Bonchev–Trinajstić information content (AvgIpc) is 2.05. The van der Waals surface area contributed by atoms with Crippen LogP contribution in [0.4, 0.5) is 0 Å². The lowest BCUT2D eigenvalue weighted by molar-refractivity contribution is 1.84. The van der Waals surface area contributed by atoms with Crippen molar-refractivity contribution in [2.45, 2.75) is 0 Å². The van der Waals surface area contributed by atoms with Crippen LogP contribution in [0.2, 0.25) is 0 Å². The molecule has 10 heavy (non-hydrogen) atoms. The molecular formula is C6H8Cl2Si2. The molecule has 0 aromatic heterocycles. The zero-order valence-electron chi connectivity index (χ0n) is 5.48. The molecule has 0 nitrogen and oxygen atoms in total. The molecule has 0 aliphatic rings. The summed E-state index contributed by atoms with van der Waals surface area (Å²) in [6.07, 6.45) is 0. The van der Waals surface area contributed by atoms with E-state index in [2.05, 4.69) is 18.2 Å². The van der Waals surface area contributed by atoms with Gasteiger partial charge in [0.25, 0.3) is 0 Å². The van der Waals surface area contributed by atoms with Crippen LogP contribution in [0.15, 0.2) is 24.3 Å². The Morgan fingerprint density at radius 1 is 1.00 bits per heavy atom. The minimum Gasteiger partial charge on any atom is -0.170 e. The second-order valence-corrected chi connectivity index (χ2v) is 5.86. The van der Waals surface area contributed by atoms with Gasteiger partial charge in [0.2, 0.25) is 0 Å². The van der Waals surface area contributed by atoms with Crippen molar-refractivity contribution >= 4 is 50.2 Å². The molecule has 0 amide bonds. The third-order valence-corrected chi connectivity index (χ3v) is 4.65. The van der Waals surface area contributed by atoms with Crippen LogP contribution in [0, 0.1) is 0 Å². The van der Waals surface area contributed by atoms with E-state index >= 15 is 0 Å². The molecule has 0 bridgehead atoms. The van der Waals surface area contributed by atoms with Crippen molar-refractivity contribution in [3.63, 3.8) is 0 Å². The maximum Gasteiger partial charge on any atom is 0.155 e. The lowest BCUT2D eigenvalue weighted by atomic mass is 10.4. The summed E-state index contributed by atoms with van der Waals surface area (Å²) >= 11 is 11.5.